The number of fused-ring (bicyclic) bond motifs is 1. The number of hydrogen-bond acceptors (Lipinski definition) is 5. The van der Waals surface area contributed by atoms with E-state index in [1.807, 2.05) is 31.2 Å². The molecule has 0 fully saturated rings. The van der Waals surface area contributed by atoms with Crippen molar-refractivity contribution in [1.29, 1.82) is 0 Å². The van der Waals surface area contributed by atoms with E-state index in [4.69, 9.17) is 15.2 Å². The Morgan fingerprint density at radius 1 is 1.15 bits per heavy atom. The van der Waals surface area contributed by atoms with Gasteiger partial charge in [-0.2, -0.15) is 0 Å². The van der Waals surface area contributed by atoms with Gasteiger partial charge in [0.1, 0.15) is 5.82 Å². The number of nitrogens with zero attached hydrogens (tertiary/aromatic N) is 1. The van der Waals surface area contributed by atoms with E-state index < -0.39 is 0 Å². The van der Waals surface area contributed by atoms with Crippen LogP contribution in [0.5, 0.6) is 11.5 Å². The van der Waals surface area contributed by atoms with Gasteiger partial charge in [0, 0.05) is 36.1 Å². The van der Waals surface area contributed by atoms with Crippen LogP contribution in [0.1, 0.15) is 12.0 Å². The van der Waals surface area contributed by atoms with E-state index in [0.717, 1.165) is 34.9 Å². The maximum atomic E-state index is 5.88. The molecule has 1 aromatic carbocycles. The van der Waals surface area contributed by atoms with Crippen molar-refractivity contribution in [2.24, 2.45) is 0 Å². The molecule has 0 spiro atoms. The van der Waals surface area contributed by atoms with Gasteiger partial charge < -0.3 is 20.5 Å². The Bertz CT molecular complexity index is 629. The maximum absolute atomic E-state index is 5.88. The maximum Gasteiger partial charge on any atom is 0.163 e. The summed E-state index contributed by atoms with van der Waals surface area (Å²) in [7, 11) is 0. The molecule has 0 saturated heterocycles. The van der Waals surface area contributed by atoms with Crippen molar-refractivity contribution >= 4 is 17.2 Å². The van der Waals surface area contributed by atoms with Gasteiger partial charge in [0.2, 0.25) is 0 Å². The van der Waals surface area contributed by atoms with E-state index in [1.54, 1.807) is 6.20 Å². The number of nitrogens with one attached hydrogen (secondary N) is 1. The molecule has 3 rings (SSSR count). The average molecular weight is 271 g/mol. The molecule has 0 amide bonds. The fourth-order valence-corrected chi connectivity index (χ4v) is 2.00. The van der Waals surface area contributed by atoms with Crippen LogP contribution in [0.2, 0.25) is 0 Å². The topological polar surface area (TPSA) is 69.4 Å². The molecule has 1 aromatic heterocycles. The number of pyridine rings is 1. The molecule has 20 heavy (non-hydrogen) atoms. The van der Waals surface area contributed by atoms with Crippen molar-refractivity contribution in [1.82, 2.24) is 4.98 Å². The summed E-state index contributed by atoms with van der Waals surface area (Å²) >= 11 is 0. The van der Waals surface area contributed by atoms with Crippen LogP contribution in [-0.2, 0) is 0 Å². The van der Waals surface area contributed by atoms with Crippen molar-refractivity contribution < 1.29 is 9.47 Å². The number of nitrogens with two attached hydrogens (primary N) is 1. The Labute approximate surface area is 117 Å². The van der Waals surface area contributed by atoms with E-state index >= 15 is 0 Å². The van der Waals surface area contributed by atoms with Crippen LogP contribution < -0.4 is 20.5 Å². The largest absolute Gasteiger partial charge is 0.490 e. The number of ether oxygens (including phenoxy) is 2. The normalized spacial score (nSPS) is 13.7. The lowest BCUT2D eigenvalue weighted by atomic mass is 10.2. The Balaban J connectivity index is 1.83. The number of benzene rings is 1. The lowest BCUT2D eigenvalue weighted by molar-refractivity contribution is 0.297. The van der Waals surface area contributed by atoms with Crippen LogP contribution in [-0.4, -0.2) is 18.2 Å². The highest BCUT2D eigenvalue weighted by atomic mass is 16.5. The number of nitrogen functional groups attached to an aromatic ring is 1. The minimum atomic E-state index is 0.673. The van der Waals surface area contributed by atoms with Gasteiger partial charge in [0.25, 0.3) is 0 Å². The smallest absolute Gasteiger partial charge is 0.163 e. The van der Waals surface area contributed by atoms with Crippen molar-refractivity contribution in [3.8, 4) is 11.5 Å². The third-order valence-corrected chi connectivity index (χ3v) is 3.16. The SMILES string of the molecule is Cc1cnc(Nc2ccc3c(c2)OCCCO3)cc1N. The molecule has 0 atom stereocenters. The van der Waals surface area contributed by atoms with E-state index in [1.165, 1.54) is 0 Å². The molecule has 3 N–H and O–H groups in total. The van der Waals surface area contributed by atoms with Crippen molar-refractivity contribution in [3.05, 3.63) is 36.0 Å². The molecule has 1 aliphatic heterocycles. The monoisotopic (exact) mass is 271 g/mol. The van der Waals surface area contributed by atoms with Gasteiger partial charge >= 0.3 is 0 Å². The van der Waals surface area contributed by atoms with Gasteiger partial charge in [-0.3, -0.25) is 0 Å². The molecule has 104 valence electrons. The first kappa shape index (κ1) is 12.6. The van der Waals surface area contributed by atoms with E-state index in [-0.39, 0.29) is 0 Å². The number of aromatic nitrogens is 1. The first-order chi connectivity index (χ1) is 9.72. The number of hydrogen-bond donors (Lipinski definition) is 2. The second kappa shape index (κ2) is 5.28. The second-order valence-corrected chi connectivity index (χ2v) is 4.76. The van der Waals surface area contributed by atoms with Crippen LogP contribution in [0.3, 0.4) is 0 Å². The van der Waals surface area contributed by atoms with Crippen molar-refractivity contribution in [3.63, 3.8) is 0 Å². The minimum Gasteiger partial charge on any atom is -0.490 e. The molecule has 2 heterocycles. The predicted molar refractivity (Wildman–Crippen MR) is 78.7 cm³/mol. The highest BCUT2D eigenvalue weighted by molar-refractivity contribution is 5.64. The first-order valence-corrected chi connectivity index (χ1v) is 6.61. The molecule has 0 saturated carbocycles. The van der Waals surface area contributed by atoms with Crippen molar-refractivity contribution in [2.45, 2.75) is 13.3 Å². The van der Waals surface area contributed by atoms with Crippen LogP contribution in [0, 0.1) is 6.92 Å². The van der Waals surface area contributed by atoms with Crippen LogP contribution in [0.25, 0.3) is 0 Å². The summed E-state index contributed by atoms with van der Waals surface area (Å²) < 4.78 is 11.3. The van der Waals surface area contributed by atoms with Crippen LogP contribution >= 0.6 is 0 Å². The van der Waals surface area contributed by atoms with Gasteiger partial charge in [-0.1, -0.05) is 0 Å². The summed E-state index contributed by atoms with van der Waals surface area (Å²) in [6.45, 7) is 3.29. The van der Waals surface area contributed by atoms with Gasteiger partial charge in [0.15, 0.2) is 11.5 Å². The van der Waals surface area contributed by atoms with Gasteiger partial charge in [-0.05, 0) is 24.6 Å². The zero-order valence-corrected chi connectivity index (χ0v) is 11.3. The summed E-state index contributed by atoms with van der Waals surface area (Å²) in [6, 6.07) is 7.57. The molecule has 1 aliphatic rings. The summed E-state index contributed by atoms with van der Waals surface area (Å²) in [4.78, 5) is 4.30. The summed E-state index contributed by atoms with van der Waals surface area (Å²) in [5, 5.41) is 3.22. The van der Waals surface area contributed by atoms with E-state index in [9.17, 15) is 0 Å². The standard InChI is InChI=1S/C15H17N3O2/c1-10-9-17-15(8-12(10)16)18-11-3-4-13-14(7-11)20-6-2-5-19-13/h3-4,7-9H,2,5-6H2,1H3,(H3,16,17,18). The zero-order valence-electron chi connectivity index (χ0n) is 11.3. The van der Waals surface area contributed by atoms with Crippen LogP contribution in [0.15, 0.2) is 30.5 Å². The molecular weight excluding hydrogens is 254 g/mol. The molecular formula is C15H17N3O2. The third kappa shape index (κ3) is 2.61. The summed E-state index contributed by atoms with van der Waals surface area (Å²) in [6.07, 6.45) is 2.65. The van der Waals surface area contributed by atoms with Gasteiger partial charge in [-0.15, -0.1) is 0 Å². The Hall–Kier alpha value is -2.43. The number of aryl methyl sites for hydroxylation is 1. The fraction of sp³-hybridized carbons (Fsp3) is 0.267. The minimum absolute atomic E-state index is 0.673. The molecule has 0 radical (unpaired) electrons. The lowest BCUT2D eigenvalue weighted by Gasteiger charge is -2.11. The average Bonchev–Trinajstić information content (AvgIpc) is 2.68. The molecule has 0 aliphatic carbocycles. The zero-order chi connectivity index (χ0) is 13.9. The molecule has 5 heteroatoms. The Morgan fingerprint density at radius 3 is 2.75 bits per heavy atom. The highest BCUT2D eigenvalue weighted by Gasteiger charge is 2.11. The van der Waals surface area contributed by atoms with Gasteiger partial charge in [-0.25, -0.2) is 4.98 Å². The predicted octanol–water partition coefficient (Wildman–Crippen LogP) is 2.88. The number of anilines is 3. The lowest BCUT2D eigenvalue weighted by Crippen LogP contribution is -1.98. The third-order valence-electron chi connectivity index (χ3n) is 3.16. The molecule has 0 unspecified atom stereocenters. The molecule has 0 bridgehead atoms. The van der Waals surface area contributed by atoms with E-state index in [0.29, 0.717) is 19.0 Å². The van der Waals surface area contributed by atoms with E-state index in [2.05, 4.69) is 10.3 Å². The second-order valence-electron chi connectivity index (χ2n) is 4.76. The van der Waals surface area contributed by atoms with Crippen LogP contribution in [0.4, 0.5) is 17.2 Å². The quantitative estimate of drug-likeness (QED) is 0.879. The summed E-state index contributed by atoms with van der Waals surface area (Å²) in [5.74, 6) is 2.25. The van der Waals surface area contributed by atoms with Gasteiger partial charge in [0.05, 0.1) is 13.2 Å². The molecule has 2 aromatic rings. The first-order valence-electron chi connectivity index (χ1n) is 6.61. The number of rotatable bonds is 2. The van der Waals surface area contributed by atoms with Crippen molar-refractivity contribution in [2.75, 3.05) is 24.3 Å². The fourth-order valence-electron chi connectivity index (χ4n) is 2.00. The Kier molecular flexibility index (Phi) is 3.33. The molecule has 5 nitrogen and oxygen atoms in total. The Morgan fingerprint density at radius 2 is 1.95 bits per heavy atom. The summed E-state index contributed by atoms with van der Waals surface area (Å²) in [5.41, 5.74) is 8.46. The highest BCUT2D eigenvalue weighted by Crippen LogP contribution is 2.33.